The number of sulfonamides is 1. The highest BCUT2D eigenvalue weighted by atomic mass is 35.5. The molecule has 1 heterocycles. The summed E-state index contributed by atoms with van der Waals surface area (Å²) in [5.74, 6) is 0.00824. The van der Waals surface area contributed by atoms with Crippen LogP contribution in [0.4, 0.5) is 0 Å². The van der Waals surface area contributed by atoms with Gasteiger partial charge in [-0.05, 0) is 46.5 Å². The van der Waals surface area contributed by atoms with Crippen LogP contribution in [0.3, 0.4) is 0 Å². The third-order valence-electron chi connectivity index (χ3n) is 3.07. The van der Waals surface area contributed by atoms with Crippen LogP contribution in [0.25, 0.3) is 0 Å². The summed E-state index contributed by atoms with van der Waals surface area (Å²) in [6, 6.07) is 8.92. The van der Waals surface area contributed by atoms with Crippen LogP contribution in [-0.4, -0.2) is 19.3 Å². The fourth-order valence-corrected chi connectivity index (χ4v) is 4.42. The Morgan fingerprint density at radius 2 is 1.86 bits per heavy atom. The molecule has 21 heavy (non-hydrogen) atoms. The average molecular weight is 344 g/mol. The van der Waals surface area contributed by atoms with E-state index in [1.807, 2.05) is 23.8 Å². The van der Waals surface area contributed by atoms with Gasteiger partial charge in [0.05, 0.1) is 5.75 Å². The molecule has 1 aromatic carbocycles. The van der Waals surface area contributed by atoms with Crippen LogP contribution in [0, 0.1) is 0 Å². The van der Waals surface area contributed by atoms with E-state index in [0.717, 1.165) is 17.5 Å². The highest BCUT2D eigenvalue weighted by Gasteiger charge is 2.22. The van der Waals surface area contributed by atoms with E-state index in [1.165, 1.54) is 0 Å². The van der Waals surface area contributed by atoms with Crippen LogP contribution in [0.15, 0.2) is 41.1 Å². The summed E-state index contributed by atoms with van der Waals surface area (Å²) < 4.78 is 26.8. The van der Waals surface area contributed by atoms with Gasteiger partial charge in [-0.1, -0.05) is 30.7 Å². The second-order valence-electron chi connectivity index (χ2n) is 4.85. The van der Waals surface area contributed by atoms with Gasteiger partial charge in [0, 0.05) is 18.1 Å². The monoisotopic (exact) mass is 343 g/mol. The molecule has 6 heteroatoms. The molecule has 3 nitrogen and oxygen atoms in total. The van der Waals surface area contributed by atoms with Crippen LogP contribution in [0.2, 0.25) is 5.02 Å². The first-order valence-electron chi connectivity index (χ1n) is 6.74. The first-order valence-corrected chi connectivity index (χ1v) is 9.67. The van der Waals surface area contributed by atoms with Crippen LogP contribution >= 0.6 is 22.9 Å². The maximum Gasteiger partial charge on any atom is 0.218 e. The van der Waals surface area contributed by atoms with E-state index in [9.17, 15) is 8.42 Å². The molecule has 0 atom stereocenters. The first-order chi connectivity index (χ1) is 10.0. The topological polar surface area (TPSA) is 37.4 Å². The first kappa shape index (κ1) is 16.5. The van der Waals surface area contributed by atoms with E-state index in [0.29, 0.717) is 18.1 Å². The molecule has 0 fully saturated rings. The second-order valence-corrected chi connectivity index (χ2v) is 8.03. The van der Waals surface area contributed by atoms with Crippen molar-refractivity contribution in [1.82, 2.24) is 4.31 Å². The van der Waals surface area contributed by atoms with E-state index < -0.39 is 10.0 Å². The smallest absolute Gasteiger partial charge is 0.212 e. The normalized spacial score (nSPS) is 12.0. The quantitative estimate of drug-likeness (QED) is 0.757. The third-order valence-corrected chi connectivity index (χ3v) is 5.85. The zero-order valence-electron chi connectivity index (χ0n) is 11.8. The highest BCUT2D eigenvalue weighted by Crippen LogP contribution is 2.18. The summed E-state index contributed by atoms with van der Waals surface area (Å²) in [5.41, 5.74) is 1.79. The molecule has 0 aliphatic rings. The van der Waals surface area contributed by atoms with Crippen LogP contribution in [-0.2, 0) is 22.3 Å². The van der Waals surface area contributed by atoms with Gasteiger partial charge in [0.2, 0.25) is 10.0 Å². The van der Waals surface area contributed by atoms with Gasteiger partial charge in [0.1, 0.15) is 0 Å². The Morgan fingerprint density at radius 3 is 2.43 bits per heavy atom. The molecule has 2 rings (SSSR count). The lowest BCUT2D eigenvalue weighted by Crippen LogP contribution is -2.32. The molecule has 1 aromatic heterocycles. The highest BCUT2D eigenvalue weighted by molar-refractivity contribution is 7.88. The molecule has 0 spiro atoms. The number of benzene rings is 1. The zero-order chi connectivity index (χ0) is 15.3. The second kappa shape index (κ2) is 7.40. The van der Waals surface area contributed by atoms with Crippen molar-refractivity contribution in [2.24, 2.45) is 0 Å². The van der Waals surface area contributed by atoms with Gasteiger partial charge in [-0.3, -0.25) is 0 Å². The molecule has 0 amide bonds. The number of rotatable bonds is 7. The summed E-state index contributed by atoms with van der Waals surface area (Å²) in [5, 5.41) is 4.56. The molecule has 0 aliphatic carbocycles. The van der Waals surface area contributed by atoms with E-state index in [2.05, 4.69) is 0 Å². The Hall–Kier alpha value is -0.880. The molecular formula is C15H18ClNO2S2. The SMILES string of the molecule is CCCN(Cc1ccsc1)S(=O)(=O)Cc1ccc(Cl)cc1. The summed E-state index contributed by atoms with van der Waals surface area (Å²) in [6.07, 6.45) is 0.796. The lowest BCUT2D eigenvalue weighted by Gasteiger charge is -2.21. The molecular weight excluding hydrogens is 326 g/mol. The maximum atomic E-state index is 12.6. The van der Waals surface area contributed by atoms with Gasteiger partial charge in [-0.25, -0.2) is 8.42 Å². The number of halogens is 1. The Labute approximate surface area is 135 Å². The molecule has 0 radical (unpaired) electrons. The fraction of sp³-hybridized carbons (Fsp3) is 0.333. The van der Waals surface area contributed by atoms with Crippen LogP contribution in [0.5, 0.6) is 0 Å². The molecule has 2 aromatic rings. The van der Waals surface area contributed by atoms with Gasteiger partial charge < -0.3 is 0 Å². The van der Waals surface area contributed by atoms with Gasteiger partial charge in [0.15, 0.2) is 0 Å². The lowest BCUT2D eigenvalue weighted by atomic mass is 10.2. The summed E-state index contributed by atoms with van der Waals surface area (Å²) in [4.78, 5) is 0. The predicted molar refractivity (Wildman–Crippen MR) is 89.1 cm³/mol. The lowest BCUT2D eigenvalue weighted by molar-refractivity contribution is 0.405. The minimum Gasteiger partial charge on any atom is -0.212 e. The molecule has 0 aliphatic heterocycles. The fourth-order valence-electron chi connectivity index (χ4n) is 2.03. The summed E-state index contributed by atoms with van der Waals surface area (Å²) >= 11 is 7.41. The number of hydrogen-bond acceptors (Lipinski definition) is 3. The van der Waals surface area contributed by atoms with Crippen molar-refractivity contribution in [1.29, 1.82) is 0 Å². The zero-order valence-corrected chi connectivity index (χ0v) is 14.2. The average Bonchev–Trinajstić information content (AvgIpc) is 2.94. The molecule has 0 saturated heterocycles. The van der Waals surface area contributed by atoms with Gasteiger partial charge in [-0.15, -0.1) is 0 Å². The largest absolute Gasteiger partial charge is 0.218 e. The molecule has 0 unspecified atom stereocenters. The van der Waals surface area contributed by atoms with E-state index >= 15 is 0 Å². The standard InChI is InChI=1S/C15H18ClNO2S2/c1-2-8-17(10-14-7-9-20-11-14)21(18,19)12-13-3-5-15(16)6-4-13/h3-7,9,11H,2,8,10,12H2,1H3. The van der Waals surface area contributed by atoms with E-state index in [-0.39, 0.29) is 5.75 Å². The minimum absolute atomic E-state index is 0.00824. The Kier molecular flexibility index (Phi) is 5.81. The van der Waals surface area contributed by atoms with Crippen molar-refractivity contribution in [3.05, 3.63) is 57.2 Å². The van der Waals surface area contributed by atoms with Crippen molar-refractivity contribution in [2.45, 2.75) is 25.6 Å². The van der Waals surface area contributed by atoms with Gasteiger partial charge in [-0.2, -0.15) is 15.6 Å². The van der Waals surface area contributed by atoms with Crippen molar-refractivity contribution in [3.63, 3.8) is 0 Å². The van der Waals surface area contributed by atoms with Crippen LogP contribution in [0.1, 0.15) is 24.5 Å². The molecule has 0 N–H and O–H groups in total. The molecule has 0 saturated carbocycles. The number of thiophene rings is 1. The Balaban J connectivity index is 2.15. The number of hydrogen-bond donors (Lipinski definition) is 0. The Bertz CT molecular complexity index is 651. The predicted octanol–water partition coefficient (Wildman–Crippen LogP) is 4.14. The van der Waals surface area contributed by atoms with Crippen molar-refractivity contribution in [3.8, 4) is 0 Å². The molecule has 114 valence electrons. The minimum atomic E-state index is -3.33. The Morgan fingerprint density at radius 1 is 1.14 bits per heavy atom. The van der Waals surface area contributed by atoms with E-state index in [1.54, 1.807) is 39.9 Å². The number of nitrogens with zero attached hydrogens (tertiary/aromatic N) is 1. The van der Waals surface area contributed by atoms with Crippen molar-refractivity contribution < 1.29 is 8.42 Å². The summed E-state index contributed by atoms with van der Waals surface area (Å²) in [6.45, 7) is 2.96. The van der Waals surface area contributed by atoms with Crippen molar-refractivity contribution >= 4 is 33.0 Å². The van der Waals surface area contributed by atoms with Crippen molar-refractivity contribution in [2.75, 3.05) is 6.54 Å². The third kappa shape index (κ3) is 4.81. The van der Waals surface area contributed by atoms with Gasteiger partial charge in [0.25, 0.3) is 0 Å². The van der Waals surface area contributed by atoms with E-state index in [4.69, 9.17) is 11.6 Å². The van der Waals surface area contributed by atoms with Crippen LogP contribution < -0.4 is 0 Å². The van der Waals surface area contributed by atoms with Gasteiger partial charge >= 0.3 is 0 Å². The molecule has 0 bridgehead atoms. The maximum absolute atomic E-state index is 12.6. The summed E-state index contributed by atoms with van der Waals surface area (Å²) in [7, 11) is -3.33.